The van der Waals surface area contributed by atoms with Gasteiger partial charge in [-0.1, -0.05) is 19.9 Å². The fourth-order valence-corrected chi connectivity index (χ4v) is 1.87. The summed E-state index contributed by atoms with van der Waals surface area (Å²) in [5.74, 6) is 0. The number of fused-ring (bicyclic) bond motifs is 1. The molecule has 0 aromatic heterocycles. The van der Waals surface area contributed by atoms with Gasteiger partial charge >= 0.3 is 0 Å². The minimum atomic E-state index is 0. The molecule has 1 radical (unpaired) electrons. The minimum Gasteiger partial charge on any atom is -0.313 e. The van der Waals surface area contributed by atoms with Gasteiger partial charge in [0.05, 0.1) is 0 Å². The molecule has 0 N–H and O–H groups in total. The van der Waals surface area contributed by atoms with E-state index in [9.17, 15) is 0 Å². The van der Waals surface area contributed by atoms with Crippen molar-refractivity contribution in [2.75, 3.05) is 6.54 Å². The monoisotopic (exact) mass is 405 g/mol. The Morgan fingerprint density at radius 3 is 2.29 bits per heavy atom. The van der Waals surface area contributed by atoms with Crippen molar-refractivity contribution in [2.24, 2.45) is 0 Å². The van der Waals surface area contributed by atoms with E-state index in [-0.39, 0.29) is 26.0 Å². The molecule has 1 aliphatic rings. The Morgan fingerprint density at radius 2 is 1.71 bits per heavy atom. The van der Waals surface area contributed by atoms with Crippen LogP contribution in [0.5, 0.6) is 0 Å². The molecule has 17 heavy (non-hydrogen) atoms. The molecule has 1 aromatic carbocycles. The number of nitrogens with zero attached hydrogens (tertiary/aromatic N) is 1. The van der Waals surface area contributed by atoms with E-state index in [1.165, 1.54) is 11.1 Å². The third-order valence-corrected chi connectivity index (χ3v) is 2.90. The first kappa shape index (κ1) is 16.7. The van der Waals surface area contributed by atoms with Crippen molar-refractivity contribution < 1.29 is 20.4 Å². The molecule has 0 aliphatic carbocycles. The summed E-state index contributed by atoms with van der Waals surface area (Å²) in [6.45, 7) is 13.0. The molecule has 1 heterocycles. The van der Waals surface area contributed by atoms with Crippen LogP contribution in [0.3, 0.4) is 0 Å². The zero-order valence-corrected chi connectivity index (χ0v) is 14.3. The van der Waals surface area contributed by atoms with Gasteiger partial charge in [0.1, 0.15) is 0 Å². The second-order valence-corrected chi connectivity index (χ2v) is 4.95. The quantitative estimate of drug-likeness (QED) is 0.593. The minimum absolute atomic E-state index is 0. The topological polar surface area (TPSA) is 3.24 Å². The van der Waals surface area contributed by atoms with Crippen molar-refractivity contribution >= 4 is 0 Å². The molecular weight excluding hydrogens is 380 g/mol. The molecule has 1 nitrogen and oxygen atoms in total. The summed E-state index contributed by atoms with van der Waals surface area (Å²) in [7, 11) is 0. The molecule has 97 valence electrons. The summed E-state index contributed by atoms with van der Waals surface area (Å²) < 4.78 is 0. The molecule has 0 amide bonds. The number of hydrogen-bond donors (Lipinski definition) is 0. The van der Waals surface area contributed by atoms with Crippen molar-refractivity contribution in [1.82, 2.24) is 4.90 Å². The van der Waals surface area contributed by atoms with Gasteiger partial charge in [-0.2, -0.15) is 18.1 Å². The van der Waals surface area contributed by atoms with Crippen LogP contribution in [0.1, 0.15) is 45.7 Å². The van der Waals surface area contributed by atoms with E-state index in [4.69, 9.17) is 0 Å². The Bertz CT molecular complexity index is 328. The van der Waals surface area contributed by atoms with Crippen LogP contribution < -0.4 is 0 Å². The summed E-state index contributed by atoms with van der Waals surface area (Å²) in [6.07, 6.45) is 2.32. The van der Waals surface area contributed by atoms with Crippen molar-refractivity contribution in [3.05, 3.63) is 41.8 Å². The van der Waals surface area contributed by atoms with Crippen LogP contribution in [0.25, 0.3) is 0 Å². The molecule has 0 atom stereocenters. The average Bonchev–Trinajstić information content (AvgIpc) is 2.30. The van der Waals surface area contributed by atoms with Crippen LogP contribution in [-0.2, 0) is 27.0 Å². The Hall–Kier alpha value is -0.288. The van der Waals surface area contributed by atoms with E-state index < -0.39 is 0 Å². The fourth-order valence-electron chi connectivity index (χ4n) is 1.87. The van der Waals surface area contributed by atoms with Gasteiger partial charge in [0.25, 0.3) is 0 Å². The van der Waals surface area contributed by atoms with Gasteiger partial charge in [0.15, 0.2) is 0 Å². The van der Waals surface area contributed by atoms with Gasteiger partial charge in [-0.3, -0.25) is 0 Å². The molecule has 0 bridgehead atoms. The van der Waals surface area contributed by atoms with E-state index in [2.05, 4.69) is 56.4 Å². The second kappa shape index (κ2) is 7.21. The van der Waals surface area contributed by atoms with Crippen molar-refractivity contribution in [2.45, 2.75) is 46.7 Å². The van der Waals surface area contributed by atoms with E-state index in [1.807, 2.05) is 13.8 Å². The van der Waals surface area contributed by atoms with Crippen molar-refractivity contribution in [3.63, 3.8) is 0 Å². The average molecular weight is 405 g/mol. The van der Waals surface area contributed by atoms with Crippen LogP contribution in [0.15, 0.2) is 24.3 Å². The van der Waals surface area contributed by atoms with Crippen LogP contribution in [0.2, 0.25) is 0 Å². The van der Waals surface area contributed by atoms with Crippen LogP contribution >= 0.6 is 0 Å². The number of benzene rings is 1. The first-order chi connectivity index (χ1) is 7.57. The molecule has 0 saturated heterocycles. The van der Waals surface area contributed by atoms with Gasteiger partial charge in [-0.15, -0.1) is 17.7 Å². The Labute approximate surface area is 120 Å². The molecule has 1 aromatic rings. The summed E-state index contributed by atoms with van der Waals surface area (Å²) in [6, 6.07) is 8.67. The molecule has 1 aliphatic heterocycles. The summed E-state index contributed by atoms with van der Waals surface area (Å²) in [5.41, 5.74) is 3.13. The van der Waals surface area contributed by atoms with Gasteiger partial charge < -0.3 is 4.90 Å². The van der Waals surface area contributed by atoms with Crippen LogP contribution in [0.4, 0.5) is 0 Å². The van der Waals surface area contributed by atoms with Gasteiger partial charge in [-0.25, -0.2) is 0 Å². The van der Waals surface area contributed by atoms with E-state index >= 15 is 0 Å². The first-order valence-corrected chi connectivity index (χ1v) is 6.23. The number of rotatable bonds is 0. The molecule has 0 unspecified atom stereocenters. The van der Waals surface area contributed by atoms with E-state index in [0.29, 0.717) is 0 Å². The maximum atomic E-state index is 2.50. The van der Waals surface area contributed by atoms with Gasteiger partial charge in [0.2, 0.25) is 0 Å². The molecule has 2 heteroatoms. The smallest absolute Gasteiger partial charge is 0.0109 e. The summed E-state index contributed by atoms with van der Waals surface area (Å²) in [5, 5.41) is 0. The molecule has 0 saturated carbocycles. The molecule has 0 fully saturated rings. The van der Waals surface area contributed by atoms with E-state index in [1.54, 1.807) is 0 Å². The fraction of sp³-hybridized carbons (Fsp3) is 0.533. The Balaban J connectivity index is 0.000000811. The predicted molar refractivity (Wildman–Crippen MR) is 71.4 cm³/mol. The Morgan fingerprint density at radius 1 is 1.12 bits per heavy atom. The maximum Gasteiger partial charge on any atom is 0.0109 e. The zero-order valence-electron chi connectivity index (χ0n) is 11.6. The van der Waals surface area contributed by atoms with Gasteiger partial charge in [0, 0.05) is 26.0 Å². The summed E-state index contributed by atoms with van der Waals surface area (Å²) >= 11 is 0. The third-order valence-electron chi connectivity index (χ3n) is 2.90. The summed E-state index contributed by atoms with van der Waals surface area (Å²) in [4.78, 5) is 2.50. The molecule has 0 spiro atoms. The first-order valence-electron chi connectivity index (χ1n) is 6.23. The Kier molecular flexibility index (Phi) is 7.09. The predicted octanol–water partition coefficient (Wildman–Crippen LogP) is 3.88. The van der Waals surface area contributed by atoms with Crippen molar-refractivity contribution in [3.8, 4) is 0 Å². The SMILES string of the molecule is CC.CC(C)(C)N1C[CH-]c2ccccc2C1.[Re]. The standard InChI is InChI=1S/C13H18N.C2H6.Re/c1-13(2,3)14-9-8-11-6-4-5-7-12(11)10-14;1-2;/h4-8H,9-10H2,1-3H3;1-2H3;/q-1;;. The normalized spacial score (nSPS) is 14.6. The molecular formula is C15H24NRe-. The molecule has 2 rings (SSSR count). The van der Waals surface area contributed by atoms with E-state index in [0.717, 1.165) is 13.1 Å². The second-order valence-electron chi connectivity index (χ2n) is 4.95. The van der Waals surface area contributed by atoms with Crippen molar-refractivity contribution in [1.29, 1.82) is 0 Å². The maximum absolute atomic E-state index is 2.50. The third kappa shape index (κ3) is 4.47. The largest absolute Gasteiger partial charge is 0.313 e. The van der Waals surface area contributed by atoms with Crippen LogP contribution in [-0.4, -0.2) is 17.0 Å². The van der Waals surface area contributed by atoms with Gasteiger partial charge in [-0.05, 0) is 33.9 Å². The zero-order chi connectivity index (χ0) is 12.2. The van der Waals surface area contributed by atoms with Crippen LogP contribution in [0, 0.1) is 6.42 Å². The number of hydrogen-bond acceptors (Lipinski definition) is 1.